The van der Waals surface area contributed by atoms with Crippen LogP contribution in [-0.4, -0.2) is 9.36 Å². The molecular weight excluding hydrogens is 276 g/mol. The molecule has 2 aromatic carbocycles. The fraction of sp³-hybridized carbons (Fsp3) is 0. The molecule has 0 atom stereocenters. The molecule has 2 aromatic heterocycles. The fourth-order valence-corrected chi connectivity index (χ4v) is 3.34. The molecule has 0 radical (unpaired) electrons. The van der Waals surface area contributed by atoms with Crippen LogP contribution in [0.15, 0.2) is 48.7 Å². The predicted molar refractivity (Wildman–Crippen MR) is 81.9 cm³/mol. The quantitative estimate of drug-likeness (QED) is 0.518. The van der Waals surface area contributed by atoms with Crippen LogP contribution in [0.4, 0.5) is 0 Å². The highest BCUT2D eigenvalue weighted by molar-refractivity contribution is 7.13. The van der Waals surface area contributed by atoms with Crippen LogP contribution in [0, 0.1) is 0 Å². The number of aromatic amines is 1. The monoisotopic (exact) mass is 284 g/mol. The van der Waals surface area contributed by atoms with E-state index in [-0.39, 0.29) is 0 Å². The van der Waals surface area contributed by atoms with E-state index >= 15 is 0 Å². The van der Waals surface area contributed by atoms with E-state index in [2.05, 4.69) is 21.5 Å². The molecule has 2 nitrogen and oxygen atoms in total. The van der Waals surface area contributed by atoms with Gasteiger partial charge in [0.15, 0.2) is 0 Å². The summed E-state index contributed by atoms with van der Waals surface area (Å²) in [7, 11) is 0. The summed E-state index contributed by atoms with van der Waals surface area (Å²) >= 11 is 7.55. The Morgan fingerprint density at radius 2 is 1.95 bits per heavy atom. The van der Waals surface area contributed by atoms with Crippen LogP contribution in [-0.2, 0) is 0 Å². The number of fused-ring (bicyclic) bond motifs is 2. The average Bonchev–Trinajstić information content (AvgIpc) is 3.01. The van der Waals surface area contributed by atoms with E-state index in [9.17, 15) is 0 Å². The van der Waals surface area contributed by atoms with Crippen molar-refractivity contribution in [1.82, 2.24) is 9.36 Å². The van der Waals surface area contributed by atoms with Gasteiger partial charge in [-0.2, -0.15) is 4.37 Å². The highest BCUT2D eigenvalue weighted by Crippen LogP contribution is 2.35. The summed E-state index contributed by atoms with van der Waals surface area (Å²) < 4.78 is 5.81. The van der Waals surface area contributed by atoms with Crippen molar-refractivity contribution < 1.29 is 0 Å². The van der Waals surface area contributed by atoms with Crippen molar-refractivity contribution in [3.8, 4) is 11.3 Å². The van der Waals surface area contributed by atoms with Gasteiger partial charge < -0.3 is 4.98 Å². The van der Waals surface area contributed by atoms with E-state index < -0.39 is 0 Å². The molecule has 0 unspecified atom stereocenters. The van der Waals surface area contributed by atoms with Crippen molar-refractivity contribution in [2.75, 3.05) is 0 Å². The summed E-state index contributed by atoms with van der Waals surface area (Å²) in [5.41, 5.74) is 3.21. The maximum Gasteiger partial charge on any atom is 0.0940 e. The van der Waals surface area contributed by atoms with Crippen molar-refractivity contribution in [1.29, 1.82) is 0 Å². The molecule has 0 fully saturated rings. The van der Waals surface area contributed by atoms with E-state index in [4.69, 9.17) is 11.6 Å². The van der Waals surface area contributed by atoms with Gasteiger partial charge in [0.2, 0.25) is 0 Å². The van der Waals surface area contributed by atoms with Crippen LogP contribution < -0.4 is 0 Å². The Morgan fingerprint density at radius 3 is 2.89 bits per heavy atom. The summed E-state index contributed by atoms with van der Waals surface area (Å²) in [5.74, 6) is 0. The maximum atomic E-state index is 6.01. The molecular formula is C15H9ClN2S. The van der Waals surface area contributed by atoms with E-state index in [1.165, 1.54) is 21.6 Å². The Hall–Kier alpha value is -1.84. The van der Waals surface area contributed by atoms with Crippen molar-refractivity contribution >= 4 is 44.1 Å². The lowest BCUT2D eigenvalue weighted by molar-refractivity contribution is 1.46. The molecule has 0 aliphatic rings. The molecule has 2 heterocycles. The van der Waals surface area contributed by atoms with Gasteiger partial charge in [-0.3, -0.25) is 0 Å². The molecule has 0 saturated heterocycles. The van der Waals surface area contributed by atoms with Gasteiger partial charge in [-0.25, -0.2) is 0 Å². The van der Waals surface area contributed by atoms with Gasteiger partial charge in [0.25, 0.3) is 0 Å². The zero-order valence-corrected chi connectivity index (χ0v) is 11.4. The van der Waals surface area contributed by atoms with Crippen LogP contribution >= 0.6 is 23.1 Å². The lowest BCUT2D eigenvalue weighted by atomic mass is 10.1. The van der Waals surface area contributed by atoms with Crippen LogP contribution in [0.5, 0.6) is 0 Å². The number of nitrogens with zero attached hydrogens (tertiary/aromatic N) is 1. The Balaban J connectivity index is 2.04. The smallest absolute Gasteiger partial charge is 0.0940 e. The number of rotatable bonds is 1. The average molecular weight is 285 g/mol. The van der Waals surface area contributed by atoms with E-state index in [0.29, 0.717) is 0 Å². The molecule has 0 bridgehead atoms. The number of aromatic nitrogens is 2. The first-order chi connectivity index (χ1) is 9.33. The normalized spacial score (nSPS) is 11.4. The zero-order chi connectivity index (χ0) is 12.8. The highest BCUT2D eigenvalue weighted by atomic mass is 35.5. The number of hydrogen-bond donors (Lipinski definition) is 1. The molecule has 4 heteroatoms. The maximum absolute atomic E-state index is 6.01. The predicted octanol–water partition coefficient (Wildman–Crippen LogP) is 5.10. The standard InChI is InChI=1S/C15H9ClN2S/c16-9-5-6-10-12(8-17-13(10)7-9)15-11-3-1-2-4-14(11)19-18-15/h1-8,17H. The first kappa shape index (κ1) is 11.0. The zero-order valence-electron chi connectivity index (χ0n) is 9.85. The Morgan fingerprint density at radius 1 is 1.05 bits per heavy atom. The molecule has 1 N–H and O–H groups in total. The summed E-state index contributed by atoms with van der Waals surface area (Å²) in [6.07, 6.45) is 2.00. The Labute approximate surface area is 118 Å². The van der Waals surface area contributed by atoms with E-state index in [0.717, 1.165) is 27.2 Å². The van der Waals surface area contributed by atoms with Gasteiger partial charge in [-0.1, -0.05) is 35.9 Å². The number of H-pyrrole nitrogens is 1. The second-order valence-electron chi connectivity index (χ2n) is 4.42. The lowest BCUT2D eigenvalue weighted by Crippen LogP contribution is -1.75. The molecule has 0 spiro atoms. The van der Waals surface area contributed by atoms with Gasteiger partial charge in [-0.15, -0.1) is 0 Å². The molecule has 0 amide bonds. The van der Waals surface area contributed by atoms with Gasteiger partial charge >= 0.3 is 0 Å². The number of halogens is 1. The van der Waals surface area contributed by atoms with Crippen LogP contribution in [0.2, 0.25) is 5.02 Å². The minimum atomic E-state index is 0.740. The van der Waals surface area contributed by atoms with Crippen molar-refractivity contribution in [3.05, 3.63) is 53.7 Å². The Kier molecular flexibility index (Phi) is 2.37. The summed E-state index contributed by atoms with van der Waals surface area (Å²) in [6.45, 7) is 0. The SMILES string of the molecule is Clc1ccc2c(-c3nsc4ccccc34)c[nH]c2c1. The lowest BCUT2D eigenvalue weighted by Gasteiger charge is -1.97. The van der Waals surface area contributed by atoms with Crippen molar-refractivity contribution in [3.63, 3.8) is 0 Å². The molecule has 0 aliphatic carbocycles. The van der Waals surface area contributed by atoms with Crippen LogP contribution in [0.25, 0.3) is 32.2 Å². The summed E-state index contributed by atoms with van der Waals surface area (Å²) in [5, 5.41) is 3.09. The summed E-state index contributed by atoms with van der Waals surface area (Å²) in [6, 6.07) is 14.2. The fourth-order valence-electron chi connectivity index (χ4n) is 2.37. The minimum absolute atomic E-state index is 0.740. The molecule has 4 aromatic rings. The van der Waals surface area contributed by atoms with Crippen LogP contribution in [0.1, 0.15) is 0 Å². The molecule has 0 saturated carbocycles. The third-order valence-electron chi connectivity index (χ3n) is 3.28. The van der Waals surface area contributed by atoms with Crippen LogP contribution in [0.3, 0.4) is 0 Å². The van der Waals surface area contributed by atoms with Crippen molar-refractivity contribution in [2.24, 2.45) is 0 Å². The van der Waals surface area contributed by atoms with Gasteiger partial charge in [0, 0.05) is 33.1 Å². The third-order valence-corrected chi connectivity index (χ3v) is 4.34. The number of nitrogens with one attached hydrogen (secondary N) is 1. The molecule has 19 heavy (non-hydrogen) atoms. The van der Waals surface area contributed by atoms with Crippen molar-refractivity contribution in [2.45, 2.75) is 0 Å². The number of benzene rings is 2. The Bertz CT molecular complexity index is 891. The second kappa shape index (κ2) is 4.08. The second-order valence-corrected chi connectivity index (χ2v) is 5.66. The highest BCUT2D eigenvalue weighted by Gasteiger charge is 2.12. The first-order valence-corrected chi connectivity index (χ1v) is 7.09. The van der Waals surface area contributed by atoms with Gasteiger partial charge in [0.1, 0.15) is 0 Å². The van der Waals surface area contributed by atoms with Gasteiger partial charge in [-0.05, 0) is 29.7 Å². The molecule has 4 rings (SSSR count). The number of hydrogen-bond acceptors (Lipinski definition) is 2. The largest absolute Gasteiger partial charge is 0.360 e. The topological polar surface area (TPSA) is 28.7 Å². The minimum Gasteiger partial charge on any atom is -0.360 e. The summed E-state index contributed by atoms with van der Waals surface area (Å²) in [4.78, 5) is 3.26. The van der Waals surface area contributed by atoms with E-state index in [1.807, 2.05) is 36.5 Å². The van der Waals surface area contributed by atoms with E-state index in [1.54, 1.807) is 0 Å². The first-order valence-electron chi connectivity index (χ1n) is 5.94. The molecule has 0 aliphatic heterocycles. The molecule has 92 valence electrons. The van der Waals surface area contributed by atoms with Gasteiger partial charge in [0.05, 0.1) is 10.4 Å². The third kappa shape index (κ3) is 1.66.